The molecular weight excluding hydrogens is 548 g/mol. The third-order valence-corrected chi connectivity index (χ3v) is 7.03. The highest BCUT2D eigenvalue weighted by molar-refractivity contribution is 7.81. The van der Waals surface area contributed by atoms with E-state index < -0.39 is 11.3 Å². The van der Waals surface area contributed by atoms with Crippen LogP contribution >= 0.6 is 0 Å². The minimum Gasteiger partial charge on any atom is -0.755 e. The van der Waals surface area contributed by atoms with Crippen molar-refractivity contribution in [1.29, 1.82) is 0 Å². The van der Waals surface area contributed by atoms with Gasteiger partial charge in [-0.15, -0.1) is 0 Å². The molecule has 1 aliphatic rings. The Morgan fingerprint density at radius 2 is 1.66 bits per heavy atom. The maximum absolute atomic E-state index is 12.7. The van der Waals surface area contributed by atoms with Crippen LogP contribution in [0.15, 0.2) is 66.7 Å². The van der Waals surface area contributed by atoms with Gasteiger partial charge in [-0.3, -0.25) is 18.2 Å². The zero-order chi connectivity index (χ0) is 28.8. The van der Waals surface area contributed by atoms with E-state index in [0.29, 0.717) is 60.2 Å². The molecule has 214 valence electrons. The smallest absolute Gasteiger partial charge is 0.238 e. The second-order valence-electron chi connectivity index (χ2n) is 9.11. The summed E-state index contributed by atoms with van der Waals surface area (Å²) >= 11 is -2.80. The monoisotopic (exact) mass is 577 g/mol. The van der Waals surface area contributed by atoms with Crippen LogP contribution in [0.5, 0.6) is 11.5 Å². The Labute approximate surface area is 239 Å². The fourth-order valence-corrected chi connectivity index (χ4v) is 4.94. The Morgan fingerprint density at radius 1 is 0.976 bits per heavy atom. The van der Waals surface area contributed by atoms with Crippen LogP contribution in [0.2, 0.25) is 0 Å². The molecule has 4 aromatic rings. The number of hydrogen-bond acceptors (Lipinski definition) is 10. The number of anilines is 5. The molecule has 1 aromatic heterocycles. The molecule has 1 unspecified atom stereocenters. The number of carbonyl (C=O) groups excluding carboxylic acids is 1. The van der Waals surface area contributed by atoms with Gasteiger partial charge >= 0.3 is 0 Å². The highest BCUT2D eigenvalue weighted by Crippen LogP contribution is 2.36. The molecule has 1 aliphatic heterocycles. The van der Waals surface area contributed by atoms with Gasteiger partial charge in [0, 0.05) is 42.7 Å². The lowest BCUT2D eigenvalue weighted by Crippen LogP contribution is -2.41. The van der Waals surface area contributed by atoms with Crippen molar-refractivity contribution >= 4 is 56.9 Å². The van der Waals surface area contributed by atoms with Crippen LogP contribution in [0.1, 0.15) is 0 Å². The van der Waals surface area contributed by atoms with E-state index in [1.807, 2.05) is 11.0 Å². The first-order valence-corrected chi connectivity index (χ1v) is 13.8. The molecule has 0 spiro atoms. The maximum Gasteiger partial charge on any atom is 0.238 e. The Kier molecular flexibility index (Phi) is 8.89. The van der Waals surface area contributed by atoms with Crippen LogP contribution in [0.3, 0.4) is 0 Å². The molecule has 1 amide bonds. The predicted molar refractivity (Wildman–Crippen MR) is 156 cm³/mol. The molecule has 12 nitrogen and oxygen atoms in total. The molecule has 2 N–H and O–H groups in total. The fraction of sp³-hybridized carbons (Fsp3) is 0.250. The van der Waals surface area contributed by atoms with Crippen molar-refractivity contribution in [3.8, 4) is 11.5 Å². The number of benzene rings is 3. The molecule has 3 aromatic carbocycles. The van der Waals surface area contributed by atoms with Gasteiger partial charge in [0.15, 0.2) is 11.6 Å². The van der Waals surface area contributed by atoms with Gasteiger partial charge in [-0.25, -0.2) is 9.97 Å². The zero-order valence-corrected chi connectivity index (χ0v) is 23.3. The number of morpholine rings is 1. The quantitative estimate of drug-likeness (QED) is 0.269. The van der Waals surface area contributed by atoms with Crippen molar-refractivity contribution in [2.24, 2.45) is 0 Å². The molecule has 0 aliphatic carbocycles. The third-order valence-electron chi connectivity index (χ3n) is 6.34. The summed E-state index contributed by atoms with van der Waals surface area (Å²) in [6.45, 7) is 2.72. The summed E-state index contributed by atoms with van der Waals surface area (Å²) in [7, 11) is 3.07. The van der Waals surface area contributed by atoms with Crippen molar-refractivity contribution in [2.45, 2.75) is 0 Å². The van der Waals surface area contributed by atoms with E-state index in [4.69, 9.17) is 19.2 Å². The van der Waals surface area contributed by atoms with Crippen molar-refractivity contribution < 1.29 is 27.8 Å². The largest absolute Gasteiger partial charge is 0.755 e. The molecule has 0 radical (unpaired) electrons. The van der Waals surface area contributed by atoms with Gasteiger partial charge in [0.1, 0.15) is 11.5 Å². The average Bonchev–Trinajstić information content (AvgIpc) is 2.97. The van der Waals surface area contributed by atoms with Crippen LogP contribution in [0.25, 0.3) is 11.0 Å². The number of carbonyl (C=O) groups is 1. The molecule has 1 atom stereocenters. The average molecular weight is 578 g/mol. The molecule has 0 bridgehead atoms. The summed E-state index contributed by atoms with van der Waals surface area (Å²) in [5, 5.41) is 6.03. The number of nitrogens with zero attached hydrogens (tertiary/aromatic N) is 4. The van der Waals surface area contributed by atoms with Crippen molar-refractivity contribution in [1.82, 2.24) is 14.9 Å². The molecule has 1 fully saturated rings. The molecule has 13 heteroatoms. The minimum atomic E-state index is -2.80. The SMILES string of the molecule is COc1cc(Nc2nc3ccccc3nc2N(c2cccc(NC(=O)CN3CCOCC3)c2)S(=O)[O-])cc(OC)c1. The molecular formula is C28H29N6O6S-. The van der Waals surface area contributed by atoms with Crippen molar-refractivity contribution in [3.05, 3.63) is 66.7 Å². The lowest BCUT2D eigenvalue weighted by atomic mass is 10.2. The van der Waals surface area contributed by atoms with E-state index in [0.717, 1.165) is 4.31 Å². The van der Waals surface area contributed by atoms with E-state index in [1.165, 1.54) is 14.2 Å². The Balaban J connectivity index is 1.50. The standard InChI is InChI=1S/C28H30N6O6S/c1-38-22-15-20(16-23(17-22)39-2)30-27-28(32-25-9-4-3-8-24(25)31-27)34(41(36)37)21-7-5-6-19(14-21)29-26(35)18-33-10-12-40-13-11-33/h3-9,14-17H,10-13,18H2,1-2H3,(H,29,35)(H,30,31)(H,36,37)/p-1. The van der Waals surface area contributed by atoms with Crippen molar-refractivity contribution in [3.63, 3.8) is 0 Å². The lowest BCUT2D eigenvalue weighted by molar-refractivity contribution is -0.118. The molecule has 2 heterocycles. The van der Waals surface area contributed by atoms with Crippen LogP contribution < -0.4 is 24.4 Å². The van der Waals surface area contributed by atoms with Gasteiger partial charge in [-0.05, 0) is 30.3 Å². The highest BCUT2D eigenvalue weighted by Gasteiger charge is 2.21. The Morgan fingerprint density at radius 3 is 2.32 bits per heavy atom. The number of para-hydroxylation sites is 2. The number of ether oxygens (including phenoxy) is 3. The number of hydrogen-bond donors (Lipinski definition) is 2. The summed E-state index contributed by atoms with van der Waals surface area (Å²) in [5.41, 5.74) is 2.32. The fourth-order valence-electron chi connectivity index (χ4n) is 4.38. The van der Waals surface area contributed by atoms with Gasteiger partial charge < -0.3 is 29.4 Å². The number of fused-ring (bicyclic) bond motifs is 1. The topological polar surface area (TPSA) is 141 Å². The van der Waals surface area contributed by atoms with Gasteiger partial charge in [0.2, 0.25) is 5.91 Å². The Bertz CT molecular complexity index is 1540. The van der Waals surface area contributed by atoms with Crippen LogP contribution in [0.4, 0.5) is 28.7 Å². The minimum absolute atomic E-state index is 0.0376. The summed E-state index contributed by atoms with van der Waals surface area (Å²) in [4.78, 5) is 24.0. The second kappa shape index (κ2) is 12.9. The summed E-state index contributed by atoms with van der Waals surface area (Å²) in [5.74, 6) is 1.08. The lowest BCUT2D eigenvalue weighted by Gasteiger charge is -2.28. The number of amides is 1. The van der Waals surface area contributed by atoms with Gasteiger partial charge in [-0.2, -0.15) is 0 Å². The van der Waals surface area contributed by atoms with E-state index >= 15 is 0 Å². The maximum atomic E-state index is 12.7. The third kappa shape index (κ3) is 6.89. The summed E-state index contributed by atoms with van der Waals surface area (Å²) in [6, 6.07) is 18.9. The van der Waals surface area contributed by atoms with Gasteiger partial charge in [0.25, 0.3) is 0 Å². The van der Waals surface area contributed by atoms with Gasteiger partial charge in [0.05, 0.1) is 62.0 Å². The zero-order valence-electron chi connectivity index (χ0n) is 22.5. The van der Waals surface area contributed by atoms with Crippen molar-refractivity contribution in [2.75, 3.05) is 62.0 Å². The Hall–Kier alpha value is -4.30. The first kappa shape index (κ1) is 28.2. The molecule has 1 saturated heterocycles. The normalized spacial score (nSPS) is 14.3. The van der Waals surface area contributed by atoms with E-state index in [2.05, 4.69) is 15.6 Å². The number of nitrogens with one attached hydrogen (secondary N) is 2. The van der Waals surface area contributed by atoms with E-state index in [1.54, 1.807) is 60.7 Å². The van der Waals surface area contributed by atoms with Crippen LogP contribution in [-0.4, -0.2) is 76.6 Å². The first-order valence-electron chi connectivity index (χ1n) is 12.8. The van der Waals surface area contributed by atoms with E-state index in [9.17, 15) is 13.6 Å². The summed E-state index contributed by atoms with van der Waals surface area (Å²) in [6.07, 6.45) is 0. The predicted octanol–water partition coefficient (Wildman–Crippen LogP) is 3.59. The highest BCUT2D eigenvalue weighted by atomic mass is 32.2. The van der Waals surface area contributed by atoms with Crippen LogP contribution in [-0.2, 0) is 20.8 Å². The number of methoxy groups -OCH3 is 2. The molecule has 0 saturated carbocycles. The molecule has 5 rings (SSSR count). The first-order chi connectivity index (χ1) is 19.9. The second-order valence-corrected chi connectivity index (χ2v) is 9.91. The summed E-state index contributed by atoms with van der Waals surface area (Å²) < 4.78 is 42.6. The van der Waals surface area contributed by atoms with Crippen LogP contribution in [0, 0.1) is 0 Å². The molecule has 41 heavy (non-hydrogen) atoms. The van der Waals surface area contributed by atoms with Gasteiger partial charge in [-0.1, -0.05) is 18.2 Å². The number of aromatic nitrogens is 2. The van der Waals surface area contributed by atoms with E-state index in [-0.39, 0.29) is 29.8 Å². The number of rotatable bonds is 10.